The Morgan fingerprint density at radius 3 is 2.22 bits per heavy atom. The molecule has 2 aromatic rings. The Morgan fingerprint density at radius 2 is 1.65 bits per heavy atom. The second-order valence-corrected chi connectivity index (χ2v) is 5.86. The number of hydrogen-bond donors (Lipinski definition) is 0. The predicted octanol–water partition coefficient (Wildman–Crippen LogP) is 3.64. The zero-order chi connectivity index (χ0) is 17.3. The van der Waals surface area contributed by atoms with Gasteiger partial charge in [0.05, 0.1) is 5.69 Å². The summed E-state index contributed by atoms with van der Waals surface area (Å²) in [6.45, 7) is 10.7. The van der Waals surface area contributed by atoms with Gasteiger partial charge in [0.2, 0.25) is 5.78 Å². The number of hydrogen-bond acceptors (Lipinski definition) is 5. The summed E-state index contributed by atoms with van der Waals surface area (Å²) in [7, 11) is 0. The zero-order valence-electron chi connectivity index (χ0n) is 14.3. The monoisotopic (exact) mass is 315 g/mol. The standard InChI is InChI=1S/C18H21NO4/c1-9-7-11(3)15(8-10(9)2)17(20)14(6)22-18(21)16-12(4)19-23-13(16)5/h7-8,14H,1-6H3/t14-/m0/s1. The molecule has 0 unspecified atom stereocenters. The van der Waals surface area contributed by atoms with E-state index in [0.717, 1.165) is 16.7 Å². The highest BCUT2D eigenvalue weighted by Crippen LogP contribution is 2.19. The lowest BCUT2D eigenvalue weighted by Gasteiger charge is -2.15. The van der Waals surface area contributed by atoms with Gasteiger partial charge in [0.1, 0.15) is 11.3 Å². The fraction of sp³-hybridized carbons (Fsp3) is 0.389. The number of ketones is 1. The Balaban J connectivity index is 2.21. The summed E-state index contributed by atoms with van der Waals surface area (Å²) >= 11 is 0. The third kappa shape index (κ3) is 3.33. The fourth-order valence-electron chi connectivity index (χ4n) is 2.49. The van der Waals surface area contributed by atoms with Crippen molar-refractivity contribution in [3.8, 4) is 0 Å². The Hall–Kier alpha value is -2.43. The van der Waals surface area contributed by atoms with Gasteiger partial charge in [-0.15, -0.1) is 0 Å². The average Bonchev–Trinajstić information content (AvgIpc) is 2.81. The number of carbonyl (C=O) groups is 2. The summed E-state index contributed by atoms with van der Waals surface area (Å²) in [4.78, 5) is 24.8. The minimum absolute atomic E-state index is 0.217. The molecule has 5 nitrogen and oxygen atoms in total. The minimum Gasteiger partial charge on any atom is -0.451 e. The van der Waals surface area contributed by atoms with Crippen LogP contribution in [0.3, 0.4) is 0 Å². The fourth-order valence-corrected chi connectivity index (χ4v) is 2.49. The van der Waals surface area contributed by atoms with Gasteiger partial charge < -0.3 is 9.26 Å². The Labute approximate surface area is 135 Å². The lowest BCUT2D eigenvalue weighted by Crippen LogP contribution is -2.25. The molecule has 0 fully saturated rings. The van der Waals surface area contributed by atoms with Crippen molar-refractivity contribution < 1.29 is 18.8 Å². The van der Waals surface area contributed by atoms with Crippen molar-refractivity contribution in [2.24, 2.45) is 0 Å². The summed E-state index contributed by atoms with van der Waals surface area (Å²) in [6.07, 6.45) is -0.878. The van der Waals surface area contributed by atoms with Crippen LogP contribution < -0.4 is 0 Å². The molecule has 0 bridgehead atoms. The number of aromatic nitrogens is 1. The van der Waals surface area contributed by atoms with Gasteiger partial charge in [-0.25, -0.2) is 4.79 Å². The summed E-state index contributed by atoms with van der Waals surface area (Å²) < 4.78 is 10.3. The molecule has 0 saturated heterocycles. The first-order valence-corrected chi connectivity index (χ1v) is 7.48. The maximum Gasteiger partial charge on any atom is 0.344 e. The average molecular weight is 315 g/mol. The van der Waals surface area contributed by atoms with Crippen LogP contribution in [0.15, 0.2) is 16.7 Å². The Morgan fingerprint density at radius 1 is 1.04 bits per heavy atom. The molecule has 1 heterocycles. The largest absolute Gasteiger partial charge is 0.451 e. The van der Waals surface area contributed by atoms with E-state index in [1.54, 1.807) is 20.8 Å². The predicted molar refractivity (Wildman–Crippen MR) is 85.8 cm³/mol. The van der Waals surface area contributed by atoms with Crippen molar-refractivity contribution in [2.75, 3.05) is 0 Å². The number of nitrogens with zero attached hydrogens (tertiary/aromatic N) is 1. The highest BCUT2D eigenvalue weighted by molar-refractivity contribution is 6.02. The smallest absolute Gasteiger partial charge is 0.344 e. The lowest BCUT2D eigenvalue weighted by atomic mass is 9.96. The molecule has 2 rings (SSSR count). The molecule has 0 saturated carbocycles. The molecule has 0 N–H and O–H groups in total. The molecule has 5 heteroatoms. The number of carbonyl (C=O) groups excluding carboxylic acids is 2. The van der Waals surface area contributed by atoms with Gasteiger partial charge in [0.25, 0.3) is 0 Å². The molecule has 1 aromatic carbocycles. The van der Waals surface area contributed by atoms with E-state index < -0.39 is 12.1 Å². The molecular formula is C18H21NO4. The maximum atomic E-state index is 12.6. The van der Waals surface area contributed by atoms with Gasteiger partial charge in [0, 0.05) is 5.56 Å². The summed E-state index contributed by atoms with van der Waals surface area (Å²) in [6, 6.07) is 3.80. The number of esters is 1. The number of rotatable bonds is 4. The van der Waals surface area contributed by atoms with E-state index in [4.69, 9.17) is 9.26 Å². The van der Waals surface area contributed by atoms with Crippen LogP contribution in [0.4, 0.5) is 0 Å². The van der Waals surface area contributed by atoms with Crippen LogP contribution in [0.25, 0.3) is 0 Å². The van der Waals surface area contributed by atoms with Crippen LogP contribution in [0.5, 0.6) is 0 Å². The quantitative estimate of drug-likeness (QED) is 0.636. The van der Waals surface area contributed by atoms with Crippen molar-refractivity contribution in [1.29, 1.82) is 0 Å². The van der Waals surface area contributed by atoms with Crippen LogP contribution in [-0.2, 0) is 4.74 Å². The molecule has 0 aliphatic rings. The molecule has 1 atom stereocenters. The van der Waals surface area contributed by atoms with E-state index >= 15 is 0 Å². The van der Waals surface area contributed by atoms with Gasteiger partial charge in [-0.3, -0.25) is 4.79 Å². The van der Waals surface area contributed by atoms with E-state index in [1.165, 1.54) is 0 Å². The first kappa shape index (κ1) is 16.9. The van der Waals surface area contributed by atoms with Crippen LogP contribution >= 0.6 is 0 Å². The highest BCUT2D eigenvalue weighted by Gasteiger charge is 2.25. The van der Waals surface area contributed by atoms with Crippen molar-refractivity contribution in [1.82, 2.24) is 5.16 Å². The number of Topliss-reactive ketones (excluding diaryl/α,β-unsaturated/α-hetero) is 1. The molecule has 1 aromatic heterocycles. The zero-order valence-corrected chi connectivity index (χ0v) is 14.3. The molecule has 122 valence electrons. The second kappa shape index (κ2) is 6.36. The summed E-state index contributed by atoms with van der Waals surface area (Å²) in [5.41, 5.74) is 4.34. The molecule has 0 spiro atoms. The van der Waals surface area contributed by atoms with Crippen molar-refractivity contribution in [3.63, 3.8) is 0 Å². The van der Waals surface area contributed by atoms with Crippen molar-refractivity contribution in [2.45, 2.75) is 47.6 Å². The second-order valence-electron chi connectivity index (χ2n) is 5.86. The topological polar surface area (TPSA) is 69.4 Å². The first-order chi connectivity index (χ1) is 10.7. The Kier molecular flexibility index (Phi) is 4.68. The van der Waals surface area contributed by atoms with E-state index in [0.29, 0.717) is 17.0 Å². The molecular weight excluding hydrogens is 294 g/mol. The maximum absolute atomic E-state index is 12.6. The van der Waals surface area contributed by atoms with Crippen LogP contribution in [-0.4, -0.2) is 23.0 Å². The van der Waals surface area contributed by atoms with Crippen molar-refractivity contribution in [3.05, 3.63) is 51.4 Å². The van der Waals surface area contributed by atoms with E-state index in [9.17, 15) is 9.59 Å². The summed E-state index contributed by atoms with van der Waals surface area (Å²) in [5, 5.41) is 3.72. The van der Waals surface area contributed by atoms with Crippen LogP contribution in [0, 0.1) is 34.6 Å². The van der Waals surface area contributed by atoms with Gasteiger partial charge in [-0.05, 0) is 64.3 Å². The Bertz CT molecular complexity index is 754. The third-order valence-corrected chi connectivity index (χ3v) is 4.00. The third-order valence-electron chi connectivity index (χ3n) is 4.00. The normalized spacial score (nSPS) is 12.1. The van der Waals surface area contributed by atoms with Gasteiger partial charge >= 0.3 is 5.97 Å². The number of aryl methyl sites for hydroxylation is 5. The van der Waals surface area contributed by atoms with Crippen LogP contribution in [0.2, 0.25) is 0 Å². The van der Waals surface area contributed by atoms with Gasteiger partial charge in [-0.1, -0.05) is 11.2 Å². The van der Waals surface area contributed by atoms with E-state index in [2.05, 4.69) is 5.16 Å². The van der Waals surface area contributed by atoms with Crippen molar-refractivity contribution >= 4 is 11.8 Å². The molecule has 0 amide bonds. The molecule has 23 heavy (non-hydrogen) atoms. The highest BCUT2D eigenvalue weighted by atomic mass is 16.5. The number of benzene rings is 1. The van der Waals surface area contributed by atoms with Crippen LogP contribution in [0.1, 0.15) is 55.8 Å². The summed E-state index contributed by atoms with van der Waals surface area (Å²) in [5.74, 6) is -0.427. The van der Waals surface area contributed by atoms with E-state index in [1.807, 2.05) is 32.9 Å². The molecule has 0 radical (unpaired) electrons. The molecule has 0 aliphatic carbocycles. The van der Waals surface area contributed by atoms with Gasteiger partial charge in [0.15, 0.2) is 6.10 Å². The van der Waals surface area contributed by atoms with Gasteiger partial charge in [-0.2, -0.15) is 0 Å². The molecule has 0 aliphatic heterocycles. The lowest BCUT2D eigenvalue weighted by molar-refractivity contribution is 0.0316. The first-order valence-electron chi connectivity index (χ1n) is 7.48. The number of ether oxygens (including phenoxy) is 1. The SMILES string of the molecule is Cc1cc(C)c(C(=O)[C@H](C)OC(=O)c2c(C)noc2C)cc1C. The minimum atomic E-state index is -0.878. The van der Waals surface area contributed by atoms with E-state index in [-0.39, 0.29) is 11.3 Å².